The number of nitrogens with zero attached hydrogens (tertiary/aromatic N) is 1. The zero-order valence-corrected chi connectivity index (χ0v) is 6.66. The molecule has 0 saturated carbocycles. The van der Waals surface area contributed by atoms with Gasteiger partial charge < -0.3 is 0 Å². The first kappa shape index (κ1) is 8.79. The third-order valence-electron chi connectivity index (χ3n) is 0.924. The van der Waals surface area contributed by atoms with Crippen LogP contribution in [0.2, 0.25) is 0 Å². The third kappa shape index (κ3) is 4.30. The van der Waals surface area contributed by atoms with E-state index in [1.807, 2.05) is 18.4 Å². The molecule has 0 fully saturated rings. The van der Waals surface area contributed by atoms with Crippen LogP contribution in [0, 0.1) is 0 Å². The smallest absolute Gasteiger partial charge is 0.0271 e. The summed E-state index contributed by atoms with van der Waals surface area (Å²) >= 11 is 1.71. The maximum Gasteiger partial charge on any atom is 0.0271 e. The summed E-state index contributed by atoms with van der Waals surface area (Å²) in [4.78, 5) is 0. The molecule has 0 rings (SSSR count). The zero-order valence-electron chi connectivity index (χ0n) is 5.84. The highest BCUT2D eigenvalue weighted by atomic mass is 32.2. The lowest BCUT2D eigenvalue weighted by atomic mass is 10.5. The first-order chi connectivity index (χ1) is 4.35. The number of hydrogen-bond acceptors (Lipinski definition) is 2. The Labute approximate surface area is 61.6 Å². The standard InChI is InChI=1S/C7H13NS/c1-4-6-8(9-3)7-5-2/h4-5H,1-2,6-7H2,3H3. The minimum Gasteiger partial charge on any atom is -0.243 e. The molecule has 0 heterocycles. The molecule has 2 heteroatoms. The second-order valence-electron chi connectivity index (χ2n) is 1.61. The predicted octanol–water partition coefficient (Wildman–Crippen LogP) is 1.94. The molecule has 0 aromatic carbocycles. The summed E-state index contributed by atoms with van der Waals surface area (Å²) in [5.41, 5.74) is 0. The first-order valence-corrected chi connectivity index (χ1v) is 4.04. The van der Waals surface area contributed by atoms with Crippen molar-refractivity contribution in [1.82, 2.24) is 4.31 Å². The fraction of sp³-hybridized carbons (Fsp3) is 0.429. The van der Waals surface area contributed by atoms with Crippen LogP contribution >= 0.6 is 11.9 Å². The summed E-state index contributed by atoms with van der Waals surface area (Å²) in [7, 11) is 0. The molecular formula is C7H13NS. The molecule has 1 nitrogen and oxygen atoms in total. The molecule has 0 aromatic heterocycles. The van der Waals surface area contributed by atoms with Crippen LogP contribution in [0.5, 0.6) is 0 Å². The average molecular weight is 143 g/mol. The fourth-order valence-electron chi connectivity index (χ4n) is 0.512. The van der Waals surface area contributed by atoms with Gasteiger partial charge in [0, 0.05) is 13.1 Å². The highest BCUT2D eigenvalue weighted by Gasteiger charge is 1.93. The lowest BCUT2D eigenvalue weighted by Gasteiger charge is -2.13. The van der Waals surface area contributed by atoms with E-state index in [0.717, 1.165) is 13.1 Å². The molecule has 0 radical (unpaired) electrons. The van der Waals surface area contributed by atoms with Gasteiger partial charge in [-0.05, 0) is 6.26 Å². The Morgan fingerprint density at radius 2 is 1.78 bits per heavy atom. The van der Waals surface area contributed by atoms with Crippen molar-refractivity contribution in [1.29, 1.82) is 0 Å². The Bertz CT molecular complexity index is 80.9. The topological polar surface area (TPSA) is 3.24 Å². The molecule has 9 heavy (non-hydrogen) atoms. The number of hydrogen-bond donors (Lipinski definition) is 0. The lowest BCUT2D eigenvalue weighted by molar-refractivity contribution is 0.582. The van der Waals surface area contributed by atoms with E-state index in [1.165, 1.54) is 0 Å². The van der Waals surface area contributed by atoms with E-state index < -0.39 is 0 Å². The van der Waals surface area contributed by atoms with Gasteiger partial charge in [0.15, 0.2) is 0 Å². The van der Waals surface area contributed by atoms with Crippen LogP contribution in [0.15, 0.2) is 25.3 Å². The second-order valence-corrected chi connectivity index (χ2v) is 2.49. The van der Waals surface area contributed by atoms with Gasteiger partial charge in [0.2, 0.25) is 0 Å². The van der Waals surface area contributed by atoms with Gasteiger partial charge in [0.05, 0.1) is 0 Å². The van der Waals surface area contributed by atoms with Crippen LogP contribution < -0.4 is 0 Å². The summed E-state index contributed by atoms with van der Waals surface area (Å²) in [6.07, 6.45) is 5.83. The van der Waals surface area contributed by atoms with Gasteiger partial charge in [-0.2, -0.15) is 0 Å². The fourth-order valence-corrected chi connectivity index (χ4v) is 1.02. The van der Waals surface area contributed by atoms with Crippen LogP contribution in [0.1, 0.15) is 0 Å². The van der Waals surface area contributed by atoms with Crippen LogP contribution in [-0.2, 0) is 0 Å². The summed E-state index contributed by atoms with van der Waals surface area (Å²) in [6, 6.07) is 0. The van der Waals surface area contributed by atoms with Gasteiger partial charge in [-0.25, -0.2) is 4.31 Å². The van der Waals surface area contributed by atoms with Gasteiger partial charge in [-0.3, -0.25) is 0 Å². The van der Waals surface area contributed by atoms with Crippen LogP contribution in [0.4, 0.5) is 0 Å². The van der Waals surface area contributed by atoms with Crippen molar-refractivity contribution in [2.24, 2.45) is 0 Å². The lowest BCUT2D eigenvalue weighted by Crippen LogP contribution is -2.14. The molecule has 0 aliphatic rings. The van der Waals surface area contributed by atoms with Crippen molar-refractivity contribution in [2.75, 3.05) is 19.3 Å². The molecule has 0 atom stereocenters. The molecule has 0 aliphatic carbocycles. The summed E-state index contributed by atoms with van der Waals surface area (Å²) < 4.78 is 2.17. The molecule has 0 aliphatic heterocycles. The van der Waals surface area contributed by atoms with Crippen LogP contribution in [0.25, 0.3) is 0 Å². The molecule has 0 aromatic rings. The van der Waals surface area contributed by atoms with Gasteiger partial charge in [0.1, 0.15) is 0 Å². The quantitative estimate of drug-likeness (QED) is 0.427. The van der Waals surface area contributed by atoms with Crippen molar-refractivity contribution in [3.8, 4) is 0 Å². The van der Waals surface area contributed by atoms with Gasteiger partial charge in [0.25, 0.3) is 0 Å². The first-order valence-electron chi connectivity index (χ1n) is 2.86. The normalized spacial score (nSPS) is 9.56. The predicted molar refractivity (Wildman–Crippen MR) is 45.5 cm³/mol. The Balaban J connectivity index is 3.39. The van der Waals surface area contributed by atoms with Crippen molar-refractivity contribution in [2.45, 2.75) is 0 Å². The summed E-state index contributed by atoms with van der Waals surface area (Å²) in [5.74, 6) is 0. The minimum absolute atomic E-state index is 0.924. The maximum atomic E-state index is 3.64. The highest BCUT2D eigenvalue weighted by Crippen LogP contribution is 2.02. The maximum absolute atomic E-state index is 3.64. The SMILES string of the molecule is C=CCN(CC=C)SC. The van der Waals surface area contributed by atoms with Crippen molar-refractivity contribution in [3.05, 3.63) is 25.3 Å². The Hall–Kier alpha value is -0.210. The second kappa shape index (κ2) is 5.92. The van der Waals surface area contributed by atoms with Gasteiger partial charge >= 0.3 is 0 Å². The summed E-state index contributed by atoms with van der Waals surface area (Å²) in [6.45, 7) is 9.13. The molecule has 0 amide bonds. The number of rotatable bonds is 5. The molecular weight excluding hydrogens is 130 g/mol. The van der Waals surface area contributed by atoms with Gasteiger partial charge in [-0.15, -0.1) is 13.2 Å². The minimum atomic E-state index is 0.924. The van der Waals surface area contributed by atoms with Crippen LogP contribution in [-0.4, -0.2) is 23.7 Å². The van der Waals surface area contributed by atoms with E-state index in [2.05, 4.69) is 17.5 Å². The third-order valence-corrected chi connectivity index (χ3v) is 1.74. The van der Waals surface area contributed by atoms with E-state index in [9.17, 15) is 0 Å². The molecule has 52 valence electrons. The van der Waals surface area contributed by atoms with Gasteiger partial charge in [-0.1, -0.05) is 24.1 Å². The highest BCUT2D eigenvalue weighted by molar-refractivity contribution is 7.96. The molecule has 0 unspecified atom stereocenters. The monoisotopic (exact) mass is 143 g/mol. The Morgan fingerprint density at radius 1 is 1.33 bits per heavy atom. The average Bonchev–Trinajstić information content (AvgIpc) is 1.88. The molecule has 0 spiro atoms. The van der Waals surface area contributed by atoms with Crippen molar-refractivity contribution < 1.29 is 0 Å². The van der Waals surface area contributed by atoms with E-state index >= 15 is 0 Å². The molecule has 0 N–H and O–H groups in total. The van der Waals surface area contributed by atoms with E-state index in [0.29, 0.717) is 0 Å². The summed E-state index contributed by atoms with van der Waals surface area (Å²) in [5, 5.41) is 0. The van der Waals surface area contributed by atoms with E-state index in [1.54, 1.807) is 11.9 Å². The Kier molecular flexibility index (Phi) is 5.78. The van der Waals surface area contributed by atoms with Crippen molar-refractivity contribution >= 4 is 11.9 Å². The molecule has 0 bridgehead atoms. The van der Waals surface area contributed by atoms with Crippen molar-refractivity contribution in [3.63, 3.8) is 0 Å². The largest absolute Gasteiger partial charge is 0.243 e. The Morgan fingerprint density at radius 3 is 2.00 bits per heavy atom. The molecule has 0 saturated heterocycles. The van der Waals surface area contributed by atoms with E-state index in [4.69, 9.17) is 0 Å². The van der Waals surface area contributed by atoms with E-state index in [-0.39, 0.29) is 0 Å². The van der Waals surface area contributed by atoms with Crippen LogP contribution in [0.3, 0.4) is 0 Å². The zero-order chi connectivity index (χ0) is 7.11.